The molecule has 3 rings (SSSR count). The van der Waals surface area contributed by atoms with Gasteiger partial charge in [0.1, 0.15) is 5.82 Å². The standard InChI is InChI=1S/C17H26N4O3/c1-11-9-21(10-12(2)24-11)17(23)19-14-5-3-13(4-6-14)16-18-8-7-15(22)20-16/h7-8,11-14H,3-6,9-10H2,1-2H3,(H,19,23)(H,18,20,22)/t11-,12+,13?,14?. The third kappa shape index (κ3) is 4.14. The zero-order chi connectivity index (χ0) is 17.1. The van der Waals surface area contributed by atoms with Gasteiger partial charge in [0.15, 0.2) is 0 Å². The number of carbonyl (C=O) groups is 1. The molecule has 2 heterocycles. The lowest BCUT2D eigenvalue weighted by Crippen LogP contribution is -2.53. The maximum absolute atomic E-state index is 12.5. The van der Waals surface area contributed by atoms with E-state index in [9.17, 15) is 9.59 Å². The van der Waals surface area contributed by atoms with Crippen LogP contribution in [0.5, 0.6) is 0 Å². The summed E-state index contributed by atoms with van der Waals surface area (Å²) in [6, 6.07) is 1.63. The lowest BCUT2D eigenvalue weighted by atomic mass is 9.85. The van der Waals surface area contributed by atoms with Crippen molar-refractivity contribution >= 4 is 6.03 Å². The number of hydrogen-bond donors (Lipinski definition) is 2. The minimum atomic E-state index is -0.106. The molecule has 1 saturated carbocycles. The van der Waals surface area contributed by atoms with E-state index in [1.54, 1.807) is 6.20 Å². The lowest BCUT2D eigenvalue weighted by Gasteiger charge is -2.37. The van der Waals surface area contributed by atoms with Gasteiger partial charge < -0.3 is 19.9 Å². The second-order valence-corrected chi connectivity index (χ2v) is 6.98. The lowest BCUT2D eigenvalue weighted by molar-refractivity contribution is -0.0548. The summed E-state index contributed by atoms with van der Waals surface area (Å²) in [5.74, 6) is 1.04. The zero-order valence-corrected chi connectivity index (χ0v) is 14.3. The van der Waals surface area contributed by atoms with Crippen molar-refractivity contribution in [2.45, 2.75) is 63.7 Å². The molecule has 1 aromatic heterocycles. The van der Waals surface area contributed by atoms with Crippen molar-refractivity contribution in [1.29, 1.82) is 0 Å². The van der Waals surface area contributed by atoms with Gasteiger partial charge in [-0.1, -0.05) is 0 Å². The molecule has 1 aliphatic carbocycles. The molecule has 2 atom stereocenters. The Hall–Kier alpha value is -1.89. The number of morpholine rings is 1. The fraction of sp³-hybridized carbons (Fsp3) is 0.706. The number of amides is 2. The first kappa shape index (κ1) is 17.0. The predicted octanol–water partition coefficient (Wildman–Crippen LogP) is 1.61. The predicted molar refractivity (Wildman–Crippen MR) is 90.0 cm³/mol. The van der Waals surface area contributed by atoms with Gasteiger partial charge in [-0.3, -0.25) is 4.79 Å². The fourth-order valence-corrected chi connectivity index (χ4v) is 3.71. The SMILES string of the molecule is C[C@@H]1CN(C(=O)NC2CCC(c3nccc(=O)[nH]3)CC2)C[C@H](C)O1. The minimum absolute atomic E-state index is 0.00620. The maximum Gasteiger partial charge on any atom is 0.317 e. The van der Waals surface area contributed by atoms with E-state index in [-0.39, 0.29) is 35.8 Å². The molecule has 7 nitrogen and oxygen atoms in total. The highest BCUT2D eigenvalue weighted by Gasteiger charge is 2.29. The van der Waals surface area contributed by atoms with Crippen molar-refractivity contribution in [1.82, 2.24) is 20.2 Å². The minimum Gasteiger partial charge on any atom is -0.372 e. The molecule has 2 fully saturated rings. The van der Waals surface area contributed by atoms with E-state index in [0.717, 1.165) is 31.5 Å². The van der Waals surface area contributed by atoms with E-state index in [1.165, 1.54) is 6.07 Å². The first-order valence-electron chi connectivity index (χ1n) is 8.77. The van der Waals surface area contributed by atoms with Crippen LogP contribution in [0.25, 0.3) is 0 Å². The van der Waals surface area contributed by atoms with Crippen LogP contribution in [0.4, 0.5) is 4.79 Å². The molecule has 2 amide bonds. The summed E-state index contributed by atoms with van der Waals surface area (Å²) in [5, 5.41) is 3.15. The van der Waals surface area contributed by atoms with E-state index < -0.39 is 0 Å². The van der Waals surface area contributed by atoms with Crippen LogP contribution in [0.1, 0.15) is 51.3 Å². The number of nitrogens with one attached hydrogen (secondary N) is 2. The number of H-pyrrole nitrogens is 1. The third-order valence-corrected chi connectivity index (χ3v) is 4.84. The Balaban J connectivity index is 1.50. The van der Waals surface area contributed by atoms with Crippen molar-refractivity contribution in [3.8, 4) is 0 Å². The molecule has 0 radical (unpaired) electrons. The molecule has 2 aliphatic rings. The van der Waals surface area contributed by atoms with Gasteiger partial charge in [0.2, 0.25) is 0 Å². The number of carbonyl (C=O) groups excluding carboxylic acids is 1. The molecule has 1 aliphatic heterocycles. The van der Waals surface area contributed by atoms with Crippen molar-refractivity contribution in [2.75, 3.05) is 13.1 Å². The Morgan fingerprint density at radius 1 is 1.25 bits per heavy atom. The second kappa shape index (κ2) is 7.34. The second-order valence-electron chi connectivity index (χ2n) is 6.98. The Bertz CT molecular complexity index is 614. The first-order valence-corrected chi connectivity index (χ1v) is 8.77. The molecular formula is C17H26N4O3. The largest absolute Gasteiger partial charge is 0.372 e. The molecular weight excluding hydrogens is 308 g/mol. The molecule has 0 unspecified atom stereocenters. The smallest absolute Gasteiger partial charge is 0.317 e. The van der Waals surface area contributed by atoms with Gasteiger partial charge in [0, 0.05) is 37.3 Å². The molecule has 0 bridgehead atoms. The van der Waals surface area contributed by atoms with Gasteiger partial charge in [-0.2, -0.15) is 0 Å². The molecule has 1 aromatic rings. The number of ether oxygens (including phenoxy) is 1. The Kier molecular flexibility index (Phi) is 5.18. The zero-order valence-electron chi connectivity index (χ0n) is 14.3. The summed E-state index contributed by atoms with van der Waals surface area (Å²) in [6.45, 7) is 5.27. The quantitative estimate of drug-likeness (QED) is 0.860. The topological polar surface area (TPSA) is 87.3 Å². The highest BCUT2D eigenvalue weighted by atomic mass is 16.5. The molecule has 0 aromatic carbocycles. The van der Waals surface area contributed by atoms with Crippen molar-refractivity contribution in [3.63, 3.8) is 0 Å². The molecule has 1 saturated heterocycles. The van der Waals surface area contributed by atoms with Crippen molar-refractivity contribution in [3.05, 3.63) is 28.4 Å². The van der Waals surface area contributed by atoms with Crippen LogP contribution in [0.3, 0.4) is 0 Å². The van der Waals surface area contributed by atoms with Crippen molar-refractivity contribution in [2.24, 2.45) is 0 Å². The number of hydrogen-bond acceptors (Lipinski definition) is 4. The summed E-state index contributed by atoms with van der Waals surface area (Å²) in [6.07, 6.45) is 5.38. The van der Waals surface area contributed by atoms with E-state index in [1.807, 2.05) is 18.7 Å². The monoisotopic (exact) mass is 334 g/mol. The van der Waals surface area contributed by atoms with E-state index in [2.05, 4.69) is 15.3 Å². The number of nitrogens with zero attached hydrogens (tertiary/aromatic N) is 2. The fourth-order valence-electron chi connectivity index (χ4n) is 3.71. The van der Waals surface area contributed by atoms with Gasteiger partial charge in [0.25, 0.3) is 5.56 Å². The number of rotatable bonds is 2. The van der Waals surface area contributed by atoms with Crippen LogP contribution in [0.2, 0.25) is 0 Å². The summed E-state index contributed by atoms with van der Waals surface area (Å²) in [5.41, 5.74) is -0.106. The summed E-state index contributed by atoms with van der Waals surface area (Å²) >= 11 is 0. The van der Waals surface area contributed by atoms with Gasteiger partial charge in [0.05, 0.1) is 12.2 Å². The number of aromatic amines is 1. The van der Waals surface area contributed by atoms with Crippen LogP contribution in [0, 0.1) is 0 Å². The molecule has 132 valence electrons. The molecule has 7 heteroatoms. The average Bonchev–Trinajstić information content (AvgIpc) is 2.54. The number of aromatic nitrogens is 2. The average molecular weight is 334 g/mol. The van der Waals surface area contributed by atoms with Crippen LogP contribution in [-0.2, 0) is 4.74 Å². The molecule has 2 N–H and O–H groups in total. The molecule has 0 spiro atoms. The summed E-state index contributed by atoms with van der Waals surface area (Å²) < 4.78 is 5.67. The Morgan fingerprint density at radius 2 is 1.92 bits per heavy atom. The summed E-state index contributed by atoms with van der Waals surface area (Å²) in [7, 11) is 0. The van der Waals surface area contributed by atoms with E-state index in [0.29, 0.717) is 13.1 Å². The van der Waals surface area contributed by atoms with E-state index in [4.69, 9.17) is 4.74 Å². The van der Waals surface area contributed by atoms with Gasteiger partial charge in [-0.05, 0) is 39.5 Å². The first-order chi connectivity index (χ1) is 11.5. The third-order valence-electron chi connectivity index (χ3n) is 4.84. The Labute approximate surface area is 141 Å². The number of urea groups is 1. The highest BCUT2D eigenvalue weighted by molar-refractivity contribution is 5.74. The van der Waals surface area contributed by atoms with E-state index >= 15 is 0 Å². The Morgan fingerprint density at radius 3 is 2.54 bits per heavy atom. The van der Waals surface area contributed by atoms with Gasteiger partial charge in [-0.15, -0.1) is 0 Å². The summed E-state index contributed by atoms with van der Waals surface area (Å²) in [4.78, 5) is 32.8. The van der Waals surface area contributed by atoms with Crippen LogP contribution >= 0.6 is 0 Å². The van der Waals surface area contributed by atoms with Crippen LogP contribution in [-0.4, -0.2) is 52.2 Å². The van der Waals surface area contributed by atoms with Gasteiger partial charge in [-0.25, -0.2) is 9.78 Å². The van der Waals surface area contributed by atoms with Gasteiger partial charge >= 0.3 is 6.03 Å². The molecule has 24 heavy (non-hydrogen) atoms. The van der Waals surface area contributed by atoms with Crippen LogP contribution < -0.4 is 10.9 Å². The van der Waals surface area contributed by atoms with Crippen LogP contribution in [0.15, 0.2) is 17.1 Å². The van der Waals surface area contributed by atoms with Crippen molar-refractivity contribution < 1.29 is 9.53 Å². The normalized spacial score (nSPS) is 30.8. The maximum atomic E-state index is 12.5. The highest BCUT2D eigenvalue weighted by Crippen LogP contribution is 2.30.